The van der Waals surface area contributed by atoms with Gasteiger partial charge in [0.2, 0.25) is 0 Å². The molecule has 108 valence electrons. The van der Waals surface area contributed by atoms with E-state index in [0.29, 0.717) is 16.9 Å². The predicted octanol–water partition coefficient (Wildman–Crippen LogP) is 3.82. The van der Waals surface area contributed by atoms with Gasteiger partial charge in [-0.15, -0.1) is 11.3 Å². The summed E-state index contributed by atoms with van der Waals surface area (Å²) < 4.78 is 28.5. The van der Waals surface area contributed by atoms with Crippen molar-refractivity contribution in [2.45, 2.75) is 5.92 Å². The summed E-state index contributed by atoms with van der Waals surface area (Å²) in [4.78, 5) is 8.63. The van der Waals surface area contributed by atoms with E-state index < -0.39 is 17.6 Å². The van der Waals surface area contributed by atoms with Crippen molar-refractivity contribution in [3.05, 3.63) is 57.1 Å². The number of pyridine rings is 1. The summed E-state index contributed by atoms with van der Waals surface area (Å²) in [5, 5.41) is 0. The molecule has 1 aromatic carbocycles. The summed E-state index contributed by atoms with van der Waals surface area (Å²) in [5.41, 5.74) is 9.19. The lowest BCUT2D eigenvalue weighted by Gasteiger charge is -2.16. The van der Waals surface area contributed by atoms with Crippen LogP contribution in [0, 0.1) is 11.6 Å². The van der Waals surface area contributed by atoms with Crippen LogP contribution in [0.1, 0.15) is 17.2 Å². The maximum absolute atomic E-state index is 13.4. The molecule has 0 spiro atoms. The molecule has 21 heavy (non-hydrogen) atoms. The predicted molar refractivity (Wildman–Crippen MR) is 82.4 cm³/mol. The number of hydrogen-bond donors (Lipinski definition) is 1. The molecule has 0 fully saturated rings. The molecule has 2 heterocycles. The first kappa shape index (κ1) is 14.5. The second-order valence-corrected chi connectivity index (χ2v) is 6.26. The van der Waals surface area contributed by atoms with Gasteiger partial charge in [-0.25, -0.2) is 18.7 Å². The Bertz CT molecular complexity index is 786. The van der Waals surface area contributed by atoms with E-state index in [1.54, 1.807) is 5.51 Å². The number of aromatic nitrogens is 2. The highest BCUT2D eigenvalue weighted by Crippen LogP contribution is 2.32. The maximum Gasteiger partial charge on any atom is 0.170 e. The smallest absolute Gasteiger partial charge is 0.170 e. The zero-order valence-electron chi connectivity index (χ0n) is 10.7. The van der Waals surface area contributed by atoms with Crippen LogP contribution < -0.4 is 5.73 Å². The minimum atomic E-state index is -0.630. The highest BCUT2D eigenvalue weighted by molar-refractivity contribution is 9.10. The third-order valence-corrected chi connectivity index (χ3v) is 4.56. The van der Waals surface area contributed by atoms with Crippen molar-refractivity contribution < 1.29 is 8.78 Å². The lowest BCUT2D eigenvalue weighted by Crippen LogP contribution is -2.16. The summed E-state index contributed by atoms with van der Waals surface area (Å²) in [5.74, 6) is -1.67. The molecule has 0 saturated heterocycles. The number of nitrogens with two attached hydrogens (primary N) is 1. The number of rotatable bonds is 3. The van der Waals surface area contributed by atoms with Crippen LogP contribution in [0.5, 0.6) is 0 Å². The second kappa shape index (κ2) is 5.75. The van der Waals surface area contributed by atoms with E-state index in [2.05, 4.69) is 25.9 Å². The molecule has 3 nitrogen and oxygen atoms in total. The fourth-order valence-electron chi connectivity index (χ4n) is 2.21. The minimum absolute atomic E-state index is 0.185. The number of benzene rings is 1. The maximum atomic E-state index is 13.4. The van der Waals surface area contributed by atoms with E-state index >= 15 is 0 Å². The standard InChI is InChI=1S/C14H10BrF2N3S/c15-11-4-12-14(19-6-21-12)20-13(11)10(5-18)7-1-8(16)3-9(17)2-7/h1-4,6,10H,5,18H2/t10-/m1/s1. The summed E-state index contributed by atoms with van der Waals surface area (Å²) in [6.07, 6.45) is 0. The van der Waals surface area contributed by atoms with E-state index in [0.717, 1.165) is 15.2 Å². The third-order valence-electron chi connectivity index (χ3n) is 3.16. The fraction of sp³-hybridized carbons (Fsp3) is 0.143. The molecule has 2 N–H and O–H groups in total. The van der Waals surface area contributed by atoms with Gasteiger partial charge in [0.1, 0.15) is 11.6 Å². The molecule has 0 radical (unpaired) electrons. The lowest BCUT2D eigenvalue weighted by atomic mass is 9.95. The van der Waals surface area contributed by atoms with Crippen molar-refractivity contribution in [1.29, 1.82) is 0 Å². The van der Waals surface area contributed by atoms with Crippen LogP contribution in [0.3, 0.4) is 0 Å². The van der Waals surface area contributed by atoms with E-state index in [-0.39, 0.29) is 6.54 Å². The van der Waals surface area contributed by atoms with Gasteiger partial charge in [0.15, 0.2) is 5.65 Å². The fourth-order valence-corrected chi connectivity index (χ4v) is 3.62. The molecule has 0 bridgehead atoms. The molecule has 0 saturated carbocycles. The zero-order chi connectivity index (χ0) is 15.0. The van der Waals surface area contributed by atoms with Crippen molar-refractivity contribution in [1.82, 2.24) is 9.97 Å². The van der Waals surface area contributed by atoms with Gasteiger partial charge in [-0.3, -0.25) is 0 Å². The first-order valence-electron chi connectivity index (χ1n) is 6.14. The monoisotopic (exact) mass is 369 g/mol. The van der Waals surface area contributed by atoms with Gasteiger partial charge in [-0.1, -0.05) is 0 Å². The van der Waals surface area contributed by atoms with Gasteiger partial charge in [-0.2, -0.15) is 0 Å². The van der Waals surface area contributed by atoms with Crippen molar-refractivity contribution in [3.8, 4) is 0 Å². The highest BCUT2D eigenvalue weighted by atomic mass is 79.9. The first-order valence-corrected chi connectivity index (χ1v) is 7.81. The number of halogens is 3. The van der Waals surface area contributed by atoms with Gasteiger partial charge >= 0.3 is 0 Å². The Morgan fingerprint density at radius 2 is 1.90 bits per heavy atom. The zero-order valence-corrected chi connectivity index (χ0v) is 13.1. The van der Waals surface area contributed by atoms with Crippen LogP contribution in [-0.2, 0) is 0 Å². The number of thiazole rings is 1. The van der Waals surface area contributed by atoms with Crippen molar-refractivity contribution >= 4 is 37.6 Å². The molecule has 3 rings (SSSR count). The van der Waals surface area contributed by atoms with Gasteiger partial charge < -0.3 is 5.73 Å². The van der Waals surface area contributed by atoms with E-state index in [4.69, 9.17) is 5.73 Å². The largest absolute Gasteiger partial charge is 0.329 e. The minimum Gasteiger partial charge on any atom is -0.329 e. The van der Waals surface area contributed by atoms with Crippen LogP contribution in [0.4, 0.5) is 8.78 Å². The molecule has 0 aliphatic heterocycles. The molecular formula is C14H10BrF2N3S. The van der Waals surface area contributed by atoms with Crippen molar-refractivity contribution in [2.75, 3.05) is 6.54 Å². The average molecular weight is 370 g/mol. The quantitative estimate of drug-likeness (QED) is 0.763. The molecule has 0 amide bonds. The molecule has 3 aromatic rings. The molecule has 0 aliphatic carbocycles. The number of hydrogen-bond acceptors (Lipinski definition) is 4. The Morgan fingerprint density at radius 3 is 2.57 bits per heavy atom. The molecule has 1 atom stereocenters. The number of fused-ring (bicyclic) bond motifs is 1. The van der Waals surface area contributed by atoms with Crippen molar-refractivity contribution in [2.24, 2.45) is 5.73 Å². The Hall–Kier alpha value is -1.44. The summed E-state index contributed by atoms with van der Waals surface area (Å²) in [7, 11) is 0. The second-order valence-electron chi connectivity index (χ2n) is 4.52. The van der Waals surface area contributed by atoms with Crippen LogP contribution in [0.25, 0.3) is 10.3 Å². The molecule has 0 unspecified atom stereocenters. The van der Waals surface area contributed by atoms with Crippen molar-refractivity contribution in [3.63, 3.8) is 0 Å². The summed E-state index contributed by atoms with van der Waals surface area (Å²) in [6, 6.07) is 5.29. The molecular weight excluding hydrogens is 360 g/mol. The van der Waals surface area contributed by atoms with Crippen LogP contribution in [-0.4, -0.2) is 16.5 Å². The van der Waals surface area contributed by atoms with Gasteiger partial charge in [0, 0.05) is 23.0 Å². The SMILES string of the molecule is NC[C@H](c1cc(F)cc(F)c1)c1nc2ncsc2cc1Br. The Kier molecular flexibility index (Phi) is 3.97. The molecule has 7 heteroatoms. The first-order chi connectivity index (χ1) is 10.1. The van der Waals surface area contributed by atoms with Gasteiger partial charge in [0.05, 0.1) is 15.9 Å². The Balaban J connectivity index is 2.14. The van der Waals surface area contributed by atoms with Gasteiger partial charge in [0.25, 0.3) is 0 Å². The van der Waals surface area contributed by atoms with Gasteiger partial charge in [-0.05, 0) is 39.7 Å². The third kappa shape index (κ3) is 2.81. The summed E-state index contributed by atoms with van der Waals surface area (Å²) >= 11 is 4.93. The van der Waals surface area contributed by atoms with E-state index in [1.165, 1.54) is 23.5 Å². The number of nitrogens with zero attached hydrogens (tertiary/aromatic N) is 2. The van der Waals surface area contributed by atoms with E-state index in [1.807, 2.05) is 6.07 Å². The normalized spacial score (nSPS) is 12.8. The average Bonchev–Trinajstić information content (AvgIpc) is 2.85. The van der Waals surface area contributed by atoms with Crippen LogP contribution in [0.15, 0.2) is 34.2 Å². The Labute approximate surface area is 132 Å². The Morgan fingerprint density at radius 1 is 1.19 bits per heavy atom. The molecule has 0 aliphatic rings. The van der Waals surface area contributed by atoms with Crippen LogP contribution >= 0.6 is 27.3 Å². The lowest BCUT2D eigenvalue weighted by molar-refractivity contribution is 0.576. The van der Waals surface area contributed by atoms with E-state index in [9.17, 15) is 8.78 Å². The van der Waals surface area contributed by atoms with Crippen LogP contribution in [0.2, 0.25) is 0 Å². The summed E-state index contributed by atoms with van der Waals surface area (Å²) in [6.45, 7) is 0.185. The highest BCUT2D eigenvalue weighted by Gasteiger charge is 2.20. The molecule has 2 aromatic heterocycles. The topological polar surface area (TPSA) is 51.8 Å².